The zero-order valence-corrected chi connectivity index (χ0v) is 8.15. The zero-order chi connectivity index (χ0) is 8.77. The quantitative estimate of drug-likeness (QED) is 0.594. The van der Waals surface area contributed by atoms with Crippen LogP contribution in [0.3, 0.4) is 0 Å². The summed E-state index contributed by atoms with van der Waals surface area (Å²) in [5.41, 5.74) is -0.708. The van der Waals surface area contributed by atoms with Crippen molar-refractivity contribution in [2.45, 2.75) is 51.6 Å². The van der Waals surface area contributed by atoms with Gasteiger partial charge in [0.2, 0.25) is 0 Å². The topological polar surface area (TPSA) is 0 Å². The summed E-state index contributed by atoms with van der Waals surface area (Å²) in [6.07, 6.45) is 5.50. The molecule has 0 radical (unpaired) electrons. The van der Waals surface area contributed by atoms with Crippen molar-refractivity contribution in [3.05, 3.63) is 0 Å². The third-order valence-electron chi connectivity index (χ3n) is 4.06. The molecule has 4 atom stereocenters. The number of rotatable bonds is 2. The van der Waals surface area contributed by atoms with Gasteiger partial charge >= 0.3 is 0 Å². The Hall–Kier alpha value is -0.0700. The molecule has 12 heavy (non-hydrogen) atoms. The molecular weight excluding hydrogens is 151 g/mol. The van der Waals surface area contributed by atoms with Crippen molar-refractivity contribution < 1.29 is 4.39 Å². The van der Waals surface area contributed by atoms with Gasteiger partial charge in [-0.25, -0.2) is 4.39 Å². The first-order chi connectivity index (χ1) is 5.70. The molecule has 2 saturated carbocycles. The molecule has 0 aromatic heterocycles. The average Bonchev–Trinajstić information content (AvgIpc) is 2.74. The Morgan fingerprint density at radius 2 is 2.00 bits per heavy atom. The predicted molar refractivity (Wildman–Crippen MR) is 48.7 cm³/mol. The minimum atomic E-state index is -0.708. The molecule has 4 unspecified atom stereocenters. The molecule has 0 aromatic rings. The number of halogens is 1. The van der Waals surface area contributed by atoms with Crippen molar-refractivity contribution in [3.63, 3.8) is 0 Å². The molecule has 0 bridgehead atoms. The Kier molecular flexibility index (Phi) is 1.93. The summed E-state index contributed by atoms with van der Waals surface area (Å²) in [6, 6.07) is 0. The van der Waals surface area contributed by atoms with Gasteiger partial charge in [-0.3, -0.25) is 0 Å². The SMILES string of the molecule is CCC1CC(CC)C2(F)CC2C1. The van der Waals surface area contributed by atoms with Crippen LogP contribution in [0, 0.1) is 17.8 Å². The highest BCUT2D eigenvalue weighted by atomic mass is 19.1. The zero-order valence-electron chi connectivity index (χ0n) is 8.15. The van der Waals surface area contributed by atoms with E-state index in [0.717, 1.165) is 25.2 Å². The minimum absolute atomic E-state index is 0.390. The van der Waals surface area contributed by atoms with Crippen molar-refractivity contribution in [1.82, 2.24) is 0 Å². The summed E-state index contributed by atoms with van der Waals surface area (Å²) in [7, 11) is 0. The van der Waals surface area contributed by atoms with E-state index in [0.29, 0.717) is 11.8 Å². The fourth-order valence-electron chi connectivity index (χ4n) is 3.03. The second-order valence-corrected chi connectivity index (χ2v) is 4.68. The fourth-order valence-corrected chi connectivity index (χ4v) is 3.03. The predicted octanol–water partition coefficient (Wildman–Crippen LogP) is 3.56. The van der Waals surface area contributed by atoms with Gasteiger partial charge in [0, 0.05) is 0 Å². The maximum atomic E-state index is 13.9. The first-order valence-corrected chi connectivity index (χ1v) is 5.39. The third-order valence-corrected chi connectivity index (χ3v) is 4.06. The van der Waals surface area contributed by atoms with Crippen molar-refractivity contribution >= 4 is 0 Å². The van der Waals surface area contributed by atoms with E-state index in [1.807, 2.05) is 0 Å². The Morgan fingerprint density at radius 3 is 2.58 bits per heavy atom. The molecule has 0 amide bonds. The molecule has 2 fully saturated rings. The van der Waals surface area contributed by atoms with Crippen LogP contribution in [0.25, 0.3) is 0 Å². The summed E-state index contributed by atoms with van der Waals surface area (Å²) in [5.74, 6) is 1.66. The van der Waals surface area contributed by atoms with Crippen LogP contribution in [0.5, 0.6) is 0 Å². The number of hydrogen-bond acceptors (Lipinski definition) is 0. The Morgan fingerprint density at radius 1 is 1.25 bits per heavy atom. The molecule has 0 aromatic carbocycles. The van der Waals surface area contributed by atoms with E-state index in [-0.39, 0.29) is 0 Å². The first kappa shape index (κ1) is 8.52. The lowest BCUT2D eigenvalue weighted by molar-refractivity contribution is 0.104. The van der Waals surface area contributed by atoms with Crippen LogP contribution in [0.1, 0.15) is 46.0 Å². The summed E-state index contributed by atoms with van der Waals surface area (Å²) >= 11 is 0. The smallest absolute Gasteiger partial charge is 0.117 e. The van der Waals surface area contributed by atoms with Crippen LogP contribution >= 0.6 is 0 Å². The van der Waals surface area contributed by atoms with Gasteiger partial charge in [0.15, 0.2) is 0 Å². The van der Waals surface area contributed by atoms with Gasteiger partial charge in [0.1, 0.15) is 5.67 Å². The van der Waals surface area contributed by atoms with Crippen LogP contribution in [-0.4, -0.2) is 5.67 Å². The molecule has 0 saturated heterocycles. The van der Waals surface area contributed by atoms with E-state index >= 15 is 0 Å². The molecular formula is C11H19F. The highest BCUT2D eigenvalue weighted by molar-refractivity contribution is 5.11. The lowest BCUT2D eigenvalue weighted by Gasteiger charge is -2.30. The lowest BCUT2D eigenvalue weighted by Crippen LogP contribution is -2.27. The summed E-state index contributed by atoms with van der Waals surface area (Å²) in [5, 5.41) is 0. The minimum Gasteiger partial charge on any atom is -0.243 e. The standard InChI is InChI=1S/C11H19F/c1-3-8-5-9(4-2)11(12)7-10(11)6-8/h8-10H,3-7H2,1-2H3. The second kappa shape index (κ2) is 2.71. The van der Waals surface area contributed by atoms with E-state index in [4.69, 9.17) is 0 Å². The monoisotopic (exact) mass is 170 g/mol. The van der Waals surface area contributed by atoms with Gasteiger partial charge in [-0.05, 0) is 37.0 Å². The van der Waals surface area contributed by atoms with Crippen LogP contribution in [0.15, 0.2) is 0 Å². The highest BCUT2D eigenvalue weighted by Gasteiger charge is 2.62. The average molecular weight is 170 g/mol. The van der Waals surface area contributed by atoms with Gasteiger partial charge < -0.3 is 0 Å². The highest BCUT2D eigenvalue weighted by Crippen LogP contribution is 2.62. The summed E-state index contributed by atoms with van der Waals surface area (Å²) in [6.45, 7) is 4.38. The van der Waals surface area contributed by atoms with Gasteiger partial charge in [0.05, 0.1) is 0 Å². The van der Waals surface area contributed by atoms with Gasteiger partial charge in [-0.15, -0.1) is 0 Å². The number of alkyl halides is 1. The van der Waals surface area contributed by atoms with E-state index in [1.165, 1.54) is 12.8 Å². The largest absolute Gasteiger partial charge is 0.243 e. The molecule has 0 N–H and O–H groups in total. The number of hydrogen-bond donors (Lipinski definition) is 0. The van der Waals surface area contributed by atoms with Crippen LogP contribution in [0.2, 0.25) is 0 Å². The molecule has 0 heterocycles. The molecule has 70 valence electrons. The Balaban J connectivity index is 2.02. The maximum absolute atomic E-state index is 13.9. The number of fused-ring (bicyclic) bond motifs is 1. The van der Waals surface area contributed by atoms with E-state index < -0.39 is 5.67 Å². The summed E-state index contributed by atoms with van der Waals surface area (Å²) in [4.78, 5) is 0. The van der Waals surface area contributed by atoms with E-state index in [2.05, 4.69) is 13.8 Å². The van der Waals surface area contributed by atoms with E-state index in [9.17, 15) is 4.39 Å². The molecule has 2 aliphatic carbocycles. The van der Waals surface area contributed by atoms with Crippen molar-refractivity contribution in [2.24, 2.45) is 17.8 Å². The van der Waals surface area contributed by atoms with Crippen LogP contribution < -0.4 is 0 Å². The van der Waals surface area contributed by atoms with Gasteiger partial charge in [0.25, 0.3) is 0 Å². The second-order valence-electron chi connectivity index (χ2n) is 4.68. The Labute approximate surface area is 74.5 Å². The van der Waals surface area contributed by atoms with Gasteiger partial charge in [-0.1, -0.05) is 26.7 Å². The molecule has 0 aliphatic heterocycles. The molecule has 2 rings (SSSR count). The van der Waals surface area contributed by atoms with Crippen LogP contribution in [0.4, 0.5) is 4.39 Å². The lowest BCUT2D eigenvalue weighted by atomic mass is 9.78. The Bertz CT molecular complexity index is 178. The van der Waals surface area contributed by atoms with Gasteiger partial charge in [-0.2, -0.15) is 0 Å². The molecule has 1 heteroatoms. The summed E-state index contributed by atoms with van der Waals surface area (Å²) < 4.78 is 13.9. The first-order valence-electron chi connectivity index (χ1n) is 5.39. The molecule has 0 spiro atoms. The van der Waals surface area contributed by atoms with Crippen LogP contribution in [-0.2, 0) is 0 Å². The third kappa shape index (κ3) is 1.09. The van der Waals surface area contributed by atoms with E-state index in [1.54, 1.807) is 0 Å². The van der Waals surface area contributed by atoms with Crippen molar-refractivity contribution in [2.75, 3.05) is 0 Å². The normalized spacial score (nSPS) is 51.8. The molecule has 0 nitrogen and oxygen atoms in total. The van der Waals surface area contributed by atoms with Crippen molar-refractivity contribution in [3.8, 4) is 0 Å². The maximum Gasteiger partial charge on any atom is 0.117 e. The van der Waals surface area contributed by atoms with Crippen molar-refractivity contribution in [1.29, 1.82) is 0 Å². The fraction of sp³-hybridized carbons (Fsp3) is 1.00. The molecule has 2 aliphatic rings.